The predicted octanol–water partition coefficient (Wildman–Crippen LogP) is 6.59. The number of fused-ring (bicyclic) bond motifs is 1. The lowest BCUT2D eigenvalue weighted by Gasteiger charge is -2.26. The molecule has 4 aromatic rings. The summed E-state index contributed by atoms with van der Waals surface area (Å²) in [4.78, 5) is 43.6. The maximum absolute atomic E-state index is 14.2. The summed E-state index contributed by atoms with van der Waals surface area (Å²) in [5.41, 5.74) is 4.24. The third kappa shape index (κ3) is 7.41. The molecule has 0 radical (unpaired) electrons. The Morgan fingerprint density at radius 3 is 2.35 bits per heavy atom. The molecule has 0 saturated carbocycles. The third-order valence-electron chi connectivity index (χ3n) is 7.92. The Morgan fingerprint density at radius 2 is 1.73 bits per heavy atom. The molecule has 0 unspecified atom stereocenters. The van der Waals surface area contributed by atoms with E-state index in [0.29, 0.717) is 51.0 Å². The van der Waals surface area contributed by atoms with Crippen molar-refractivity contribution in [1.29, 1.82) is 0 Å². The zero-order valence-electron chi connectivity index (χ0n) is 27.7. The van der Waals surface area contributed by atoms with Crippen LogP contribution in [0.5, 0.6) is 11.5 Å². The number of carbonyl (C=O) groups is 1. The van der Waals surface area contributed by atoms with Crippen molar-refractivity contribution in [1.82, 2.24) is 4.57 Å². The van der Waals surface area contributed by atoms with Crippen LogP contribution < -0.4 is 24.4 Å². The number of benzene rings is 3. The number of allylic oxidation sites excluding steroid dienone is 1. The van der Waals surface area contributed by atoms with Gasteiger partial charge in [0.25, 0.3) is 11.2 Å². The fraction of sp³-hybridized carbons (Fsp3) is 0.324. The van der Waals surface area contributed by atoms with Gasteiger partial charge in [0.2, 0.25) is 0 Å². The van der Waals surface area contributed by atoms with Crippen molar-refractivity contribution >= 4 is 29.1 Å². The lowest BCUT2D eigenvalue weighted by molar-refractivity contribution is -0.384. The van der Waals surface area contributed by atoms with E-state index in [1.54, 1.807) is 35.8 Å². The Bertz CT molecular complexity index is 2010. The van der Waals surface area contributed by atoms with Crippen LogP contribution in [0, 0.1) is 10.1 Å². The van der Waals surface area contributed by atoms with E-state index in [-0.39, 0.29) is 24.5 Å². The van der Waals surface area contributed by atoms with Crippen LogP contribution >= 0.6 is 11.3 Å². The molecule has 5 rings (SSSR count). The van der Waals surface area contributed by atoms with Crippen LogP contribution in [-0.2, 0) is 16.1 Å². The van der Waals surface area contributed by atoms with E-state index < -0.39 is 16.9 Å². The number of non-ortho nitro benzene ring substituents is 1. The zero-order valence-corrected chi connectivity index (χ0v) is 28.5. The summed E-state index contributed by atoms with van der Waals surface area (Å²) in [5.74, 6) is 0.862. The fourth-order valence-corrected chi connectivity index (χ4v) is 6.55. The Hall–Kier alpha value is -5.03. The van der Waals surface area contributed by atoms with Gasteiger partial charge in [-0.15, -0.1) is 0 Å². The molecule has 250 valence electrons. The molecule has 0 saturated heterocycles. The first-order chi connectivity index (χ1) is 23.1. The second-order valence-electron chi connectivity index (χ2n) is 11.6. The molecular formula is C37H39N3O7S. The topological polar surface area (TPSA) is 122 Å². The molecule has 3 aromatic carbocycles. The summed E-state index contributed by atoms with van der Waals surface area (Å²) in [7, 11) is 0. The zero-order chi connectivity index (χ0) is 34.4. The van der Waals surface area contributed by atoms with Crippen LogP contribution in [0.1, 0.15) is 81.7 Å². The van der Waals surface area contributed by atoms with E-state index in [9.17, 15) is 19.7 Å². The molecular weight excluding hydrogens is 630 g/mol. The van der Waals surface area contributed by atoms with Crippen LogP contribution in [0.2, 0.25) is 0 Å². The van der Waals surface area contributed by atoms with Crippen LogP contribution in [-0.4, -0.2) is 28.7 Å². The van der Waals surface area contributed by atoms with Crippen LogP contribution in [0.15, 0.2) is 87.8 Å². The highest BCUT2D eigenvalue weighted by Crippen LogP contribution is 2.34. The number of rotatable bonds is 13. The third-order valence-corrected chi connectivity index (χ3v) is 8.90. The minimum atomic E-state index is -0.681. The van der Waals surface area contributed by atoms with Crippen LogP contribution in [0.25, 0.3) is 6.08 Å². The molecule has 0 N–H and O–H groups in total. The molecule has 1 aliphatic heterocycles. The maximum atomic E-state index is 14.2. The molecule has 10 nitrogen and oxygen atoms in total. The summed E-state index contributed by atoms with van der Waals surface area (Å²) >= 11 is 1.28. The maximum Gasteiger partial charge on any atom is 0.338 e. The Kier molecular flexibility index (Phi) is 10.9. The Balaban J connectivity index is 1.55. The SMILES string of the molecule is CCCC1=C(C(=O)OCC)[C@H](c2ccc(C(C)C)cc2)n2c(s/c(=C\c3ccc(OCc4ccc([N+](=O)[O-])cc4)c(OCC)c3)c2=O)=N1. The number of hydrogen-bond donors (Lipinski definition) is 0. The summed E-state index contributed by atoms with van der Waals surface area (Å²) in [6.07, 6.45) is 3.13. The average Bonchev–Trinajstić information content (AvgIpc) is 3.38. The summed E-state index contributed by atoms with van der Waals surface area (Å²) < 4.78 is 19.5. The van der Waals surface area contributed by atoms with Gasteiger partial charge in [0.1, 0.15) is 6.61 Å². The number of ether oxygens (including phenoxy) is 3. The molecule has 0 fully saturated rings. The lowest BCUT2D eigenvalue weighted by Crippen LogP contribution is -2.40. The van der Waals surface area contributed by atoms with Crippen molar-refractivity contribution in [3.05, 3.63) is 130 Å². The molecule has 0 aliphatic carbocycles. The average molecular weight is 670 g/mol. The molecule has 11 heteroatoms. The van der Waals surface area contributed by atoms with Crippen molar-refractivity contribution in [3.8, 4) is 11.5 Å². The van der Waals surface area contributed by atoms with Crippen LogP contribution in [0.4, 0.5) is 5.69 Å². The highest BCUT2D eigenvalue weighted by molar-refractivity contribution is 7.07. The second-order valence-corrected chi connectivity index (χ2v) is 12.6. The minimum absolute atomic E-state index is 0.0115. The first kappa shape index (κ1) is 34.3. The highest BCUT2D eigenvalue weighted by Gasteiger charge is 2.34. The predicted molar refractivity (Wildman–Crippen MR) is 185 cm³/mol. The largest absolute Gasteiger partial charge is 0.490 e. The molecule has 0 spiro atoms. The Morgan fingerprint density at radius 1 is 1.00 bits per heavy atom. The van der Waals surface area contributed by atoms with Crippen molar-refractivity contribution in [3.63, 3.8) is 0 Å². The molecule has 2 heterocycles. The number of thiazole rings is 1. The van der Waals surface area contributed by atoms with Gasteiger partial charge in [-0.1, -0.05) is 68.9 Å². The van der Waals surface area contributed by atoms with Gasteiger partial charge in [-0.25, -0.2) is 9.79 Å². The van der Waals surface area contributed by atoms with Gasteiger partial charge in [0.15, 0.2) is 16.3 Å². The normalized spacial score (nSPS) is 14.5. The van der Waals surface area contributed by atoms with Crippen molar-refractivity contribution in [2.75, 3.05) is 13.2 Å². The summed E-state index contributed by atoms with van der Waals surface area (Å²) in [6, 6.07) is 19.0. The quantitative estimate of drug-likeness (QED) is 0.0895. The minimum Gasteiger partial charge on any atom is -0.490 e. The van der Waals surface area contributed by atoms with Gasteiger partial charge in [0, 0.05) is 12.1 Å². The van der Waals surface area contributed by atoms with E-state index in [2.05, 4.69) is 13.8 Å². The number of nitro benzene ring substituents is 1. The first-order valence-electron chi connectivity index (χ1n) is 16.1. The van der Waals surface area contributed by atoms with Gasteiger partial charge < -0.3 is 14.2 Å². The number of nitro groups is 1. The van der Waals surface area contributed by atoms with Crippen molar-refractivity contribution in [2.45, 2.75) is 66.0 Å². The number of carbonyl (C=O) groups excluding carboxylic acids is 1. The Labute approximate surface area is 282 Å². The van der Waals surface area contributed by atoms with E-state index in [1.807, 2.05) is 50.2 Å². The monoisotopic (exact) mass is 669 g/mol. The van der Waals surface area contributed by atoms with Crippen molar-refractivity contribution < 1.29 is 23.9 Å². The van der Waals surface area contributed by atoms with E-state index in [4.69, 9.17) is 19.2 Å². The van der Waals surface area contributed by atoms with E-state index >= 15 is 0 Å². The molecule has 1 atom stereocenters. The number of esters is 1. The smallest absolute Gasteiger partial charge is 0.338 e. The van der Waals surface area contributed by atoms with Gasteiger partial charge in [-0.2, -0.15) is 0 Å². The fourth-order valence-electron chi connectivity index (χ4n) is 5.53. The van der Waals surface area contributed by atoms with Gasteiger partial charge >= 0.3 is 5.97 Å². The molecule has 48 heavy (non-hydrogen) atoms. The van der Waals surface area contributed by atoms with Gasteiger partial charge in [0.05, 0.1) is 40.0 Å². The summed E-state index contributed by atoms with van der Waals surface area (Å²) in [5, 5.41) is 11.0. The molecule has 1 aromatic heterocycles. The first-order valence-corrected chi connectivity index (χ1v) is 16.9. The number of aromatic nitrogens is 1. The van der Waals surface area contributed by atoms with Gasteiger partial charge in [-0.05, 0) is 78.8 Å². The summed E-state index contributed by atoms with van der Waals surface area (Å²) in [6.45, 7) is 10.7. The molecule has 0 amide bonds. The van der Waals surface area contributed by atoms with E-state index in [1.165, 1.54) is 23.5 Å². The second kappa shape index (κ2) is 15.2. The number of nitrogens with zero attached hydrogens (tertiary/aromatic N) is 3. The lowest BCUT2D eigenvalue weighted by atomic mass is 9.92. The van der Waals surface area contributed by atoms with Crippen molar-refractivity contribution in [2.24, 2.45) is 4.99 Å². The van der Waals surface area contributed by atoms with Gasteiger partial charge in [-0.3, -0.25) is 19.5 Å². The number of hydrogen-bond acceptors (Lipinski definition) is 9. The standard InChI is InChI=1S/C37H39N3O7S/c1-6-9-29-33(36(42)46-8-3)34(27-15-13-26(14-16-27)23(4)5)39-35(41)32(48-37(39)38-29)21-25-12-19-30(31(20-25)45-7-2)47-22-24-10-17-28(18-11-24)40(43)44/h10-21,23,34H,6-9,22H2,1-5H3/b32-21-/t34-/m0/s1. The van der Waals surface area contributed by atoms with Crippen LogP contribution in [0.3, 0.4) is 0 Å². The molecule has 0 bridgehead atoms. The van der Waals surface area contributed by atoms with E-state index in [0.717, 1.165) is 28.7 Å². The highest BCUT2D eigenvalue weighted by atomic mass is 32.1. The molecule has 1 aliphatic rings.